The number of aliphatic hydroxyl groups is 1. The Morgan fingerprint density at radius 3 is 2.33 bits per heavy atom. The van der Waals surface area contributed by atoms with Gasteiger partial charge in [0.2, 0.25) is 5.76 Å². The van der Waals surface area contributed by atoms with Crippen LogP contribution in [0.25, 0.3) is 5.57 Å². The highest BCUT2D eigenvalue weighted by Gasteiger charge is 2.36. The summed E-state index contributed by atoms with van der Waals surface area (Å²) in [7, 11) is 1.58. The lowest BCUT2D eigenvalue weighted by Gasteiger charge is -2.14. The van der Waals surface area contributed by atoms with Gasteiger partial charge in [-0.25, -0.2) is 4.79 Å². The van der Waals surface area contributed by atoms with Gasteiger partial charge in [-0.15, -0.1) is 0 Å². The highest BCUT2D eigenvalue weighted by atomic mass is 16.6. The Kier molecular flexibility index (Phi) is 3.36. The van der Waals surface area contributed by atoms with Crippen LogP contribution in [0.1, 0.15) is 17.2 Å². The van der Waals surface area contributed by atoms with Crippen LogP contribution in [-0.2, 0) is 9.53 Å². The summed E-state index contributed by atoms with van der Waals surface area (Å²) >= 11 is 0. The summed E-state index contributed by atoms with van der Waals surface area (Å²) in [6.07, 6.45) is -0.591. The van der Waals surface area contributed by atoms with Gasteiger partial charge in [-0.2, -0.15) is 0 Å². The van der Waals surface area contributed by atoms with Crippen LogP contribution in [-0.4, -0.2) is 18.2 Å². The normalized spacial score (nSPS) is 17.8. The molecule has 2 aromatic carbocycles. The molecule has 0 bridgehead atoms. The van der Waals surface area contributed by atoms with E-state index in [2.05, 4.69) is 0 Å². The molecule has 0 saturated heterocycles. The topological polar surface area (TPSA) is 55.8 Å². The van der Waals surface area contributed by atoms with Crippen LogP contribution in [0.3, 0.4) is 0 Å². The molecule has 3 rings (SSSR count). The van der Waals surface area contributed by atoms with Crippen molar-refractivity contribution < 1.29 is 19.4 Å². The number of esters is 1. The van der Waals surface area contributed by atoms with Crippen molar-refractivity contribution >= 4 is 11.5 Å². The summed E-state index contributed by atoms with van der Waals surface area (Å²) in [5.74, 6) is -0.330. The van der Waals surface area contributed by atoms with Gasteiger partial charge in [0.05, 0.1) is 12.7 Å². The minimum atomic E-state index is -0.699. The zero-order chi connectivity index (χ0) is 14.8. The van der Waals surface area contributed by atoms with Gasteiger partial charge in [-0.05, 0) is 23.3 Å². The lowest BCUT2D eigenvalue weighted by molar-refractivity contribution is -0.142. The zero-order valence-electron chi connectivity index (χ0n) is 11.4. The first-order valence-electron chi connectivity index (χ1n) is 6.54. The van der Waals surface area contributed by atoms with Gasteiger partial charge in [0, 0.05) is 0 Å². The molecule has 1 N–H and O–H groups in total. The van der Waals surface area contributed by atoms with Gasteiger partial charge in [0.15, 0.2) is 6.10 Å². The fourth-order valence-electron chi connectivity index (χ4n) is 2.38. The summed E-state index contributed by atoms with van der Waals surface area (Å²) < 4.78 is 10.4. The minimum Gasteiger partial charge on any atom is -0.502 e. The van der Waals surface area contributed by atoms with E-state index in [1.807, 2.05) is 30.3 Å². The van der Waals surface area contributed by atoms with Crippen molar-refractivity contribution in [2.45, 2.75) is 6.10 Å². The number of methoxy groups -OCH3 is 1. The summed E-state index contributed by atoms with van der Waals surface area (Å²) in [4.78, 5) is 11.7. The Balaban J connectivity index is 2.05. The molecular formula is C17H14O4. The number of hydrogen-bond donors (Lipinski definition) is 1. The van der Waals surface area contributed by atoms with Gasteiger partial charge in [-0.1, -0.05) is 42.5 Å². The molecule has 1 unspecified atom stereocenters. The zero-order valence-corrected chi connectivity index (χ0v) is 11.4. The molecule has 0 amide bonds. The Morgan fingerprint density at radius 1 is 1.05 bits per heavy atom. The van der Waals surface area contributed by atoms with E-state index < -0.39 is 12.1 Å². The van der Waals surface area contributed by atoms with Crippen LogP contribution in [0.5, 0.6) is 5.75 Å². The van der Waals surface area contributed by atoms with Crippen LogP contribution in [0, 0.1) is 0 Å². The number of carbonyl (C=O) groups excluding carboxylic acids is 1. The lowest BCUT2D eigenvalue weighted by atomic mass is 9.95. The van der Waals surface area contributed by atoms with E-state index in [-0.39, 0.29) is 5.76 Å². The SMILES string of the molecule is COc1ccc(C2=C(O)C(=O)OC2c2ccccc2)cc1. The van der Waals surface area contributed by atoms with Crippen LogP contribution in [0.15, 0.2) is 60.4 Å². The van der Waals surface area contributed by atoms with Crippen molar-refractivity contribution in [3.8, 4) is 5.75 Å². The van der Waals surface area contributed by atoms with Gasteiger partial charge < -0.3 is 14.6 Å². The molecule has 21 heavy (non-hydrogen) atoms. The molecule has 0 radical (unpaired) electrons. The fraction of sp³-hybridized carbons (Fsp3) is 0.118. The van der Waals surface area contributed by atoms with E-state index in [1.165, 1.54) is 0 Å². The number of carbonyl (C=O) groups is 1. The highest BCUT2D eigenvalue weighted by molar-refractivity contribution is 6.00. The molecule has 4 heteroatoms. The van der Waals surface area contributed by atoms with Crippen molar-refractivity contribution in [2.75, 3.05) is 7.11 Å². The maximum absolute atomic E-state index is 11.7. The van der Waals surface area contributed by atoms with Crippen molar-refractivity contribution in [2.24, 2.45) is 0 Å². The number of rotatable bonds is 3. The standard InChI is InChI=1S/C17H14O4/c1-20-13-9-7-11(8-10-13)14-15(18)17(19)21-16(14)12-5-3-2-4-6-12/h2-10,16,18H,1H3. The average Bonchev–Trinajstić information content (AvgIpc) is 2.84. The largest absolute Gasteiger partial charge is 0.502 e. The molecule has 106 valence electrons. The molecule has 0 aromatic heterocycles. The predicted octanol–water partition coefficient (Wildman–Crippen LogP) is 3.26. The highest BCUT2D eigenvalue weighted by Crippen LogP contribution is 2.40. The Labute approximate surface area is 122 Å². The Hall–Kier alpha value is -2.75. The molecule has 0 spiro atoms. The van der Waals surface area contributed by atoms with Crippen molar-refractivity contribution in [3.05, 3.63) is 71.5 Å². The molecule has 0 saturated carbocycles. The molecule has 1 aliphatic rings. The smallest absolute Gasteiger partial charge is 0.374 e. The van der Waals surface area contributed by atoms with E-state index in [4.69, 9.17) is 9.47 Å². The van der Waals surface area contributed by atoms with E-state index in [9.17, 15) is 9.90 Å². The second-order valence-corrected chi connectivity index (χ2v) is 4.69. The van der Waals surface area contributed by atoms with Gasteiger partial charge in [-0.3, -0.25) is 0 Å². The summed E-state index contributed by atoms with van der Waals surface area (Å²) in [6.45, 7) is 0. The number of benzene rings is 2. The quantitative estimate of drug-likeness (QED) is 0.878. The van der Waals surface area contributed by atoms with Gasteiger partial charge >= 0.3 is 5.97 Å². The third kappa shape index (κ3) is 2.36. The maximum atomic E-state index is 11.7. The number of ether oxygens (including phenoxy) is 2. The molecule has 4 nitrogen and oxygen atoms in total. The molecule has 1 heterocycles. The van der Waals surface area contributed by atoms with Crippen molar-refractivity contribution in [3.63, 3.8) is 0 Å². The summed E-state index contributed by atoms with van der Waals surface area (Å²) in [6, 6.07) is 16.5. The number of aliphatic hydroxyl groups excluding tert-OH is 1. The first-order valence-corrected chi connectivity index (χ1v) is 6.54. The third-order valence-electron chi connectivity index (χ3n) is 3.44. The lowest BCUT2D eigenvalue weighted by Crippen LogP contribution is -2.03. The maximum Gasteiger partial charge on any atom is 0.374 e. The fourth-order valence-corrected chi connectivity index (χ4v) is 2.38. The Morgan fingerprint density at radius 2 is 1.71 bits per heavy atom. The third-order valence-corrected chi connectivity index (χ3v) is 3.44. The van der Waals surface area contributed by atoms with E-state index in [0.717, 1.165) is 11.1 Å². The van der Waals surface area contributed by atoms with Crippen LogP contribution in [0.4, 0.5) is 0 Å². The average molecular weight is 282 g/mol. The van der Waals surface area contributed by atoms with Crippen LogP contribution >= 0.6 is 0 Å². The predicted molar refractivity (Wildman–Crippen MR) is 77.8 cm³/mol. The van der Waals surface area contributed by atoms with Crippen molar-refractivity contribution in [1.82, 2.24) is 0 Å². The molecule has 1 aliphatic heterocycles. The minimum absolute atomic E-state index is 0.339. The summed E-state index contributed by atoms with van der Waals surface area (Å²) in [5.41, 5.74) is 2.03. The number of cyclic esters (lactones) is 1. The van der Waals surface area contributed by atoms with Crippen LogP contribution in [0.2, 0.25) is 0 Å². The number of hydrogen-bond acceptors (Lipinski definition) is 4. The molecule has 0 aliphatic carbocycles. The first kappa shape index (κ1) is 13.2. The molecule has 1 atom stereocenters. The molecule has 2 aromatic rings. The van der Waals surface area contributed by atoms with Crippen molar-refractivity contribution in [1.29, 1.82) is 0 Å². The van der Waals surface area contributed by atoms with E-state index in [1.54, 1.807) is 31.4 Å². The summed E-state index contributed by atoms with van der Waals surface area (Å²) in [5, 5.41) is 10.0. The Bertz CT molecular complexity index is 686. The van der Waals surface area contributed by atoms with Crippen LogP contribution < -0.4 is 4.74 Å². The van der Waals surface area contributed by atoms with Gasteiger partial charge in [0.1, 0.15) is 5.75 Å². The molecular weight excluding hydrogens is 268 g/mol. The second-order valence-electron chi connectivity index (χ2n) is 4.69. The van der Waals surface area contributed by atoms with E-state index >= 15 is 0 Å². The molecule has 0 fully saturated rings. The monoisotopic (exact) mass is 282 g/mol. The van der Waals surface area contributed by atoms with Gasteiger partial charge in [0.25, 0.3) is 0 Å². The second kappa shape index (κ2) is 5.32. The first-order chi connectivity index (χ1) is 10.2. The van der Waals surface area contributed by atoms with E-state index in [0.29, 0.717) is 11.3 Å².